The number of carbonyl (C=O) groups is 1. The van der Waals surface area contributed by atoms with E-state index in [1.54, 1.807) is 42.5 Å². The molecule has 0 radical (unpaired) electrons. The normalized spacial score (nSPS) is 11.3. The molecule has 1 unspecified atom stereocenters. The van der Waals surface area contributed by atoms with E-state index in [0.717, 1.165) is 11.3 Å². The lowest BCUT2D eigenvalue weighted by Gasteiger charge is -2.17. The Hall–Kier alpha value is -3.45. The molecule has 0 aromatic heterocycles. The zero-order chi connectivity index (χ0) is 21.5. The van der Waals surface area contributed by atoms with E-state index in [9.17, 15) is 9.18 Å². The lowest BCUT2D eigenvalue weighted by Crippen LogP contribution is -2.30. The van der Waals surface area contributed by atoms with Crippen molar-refractivity contribution in [3.8, 4) is 5.75 Å². The van der Waals surface area contributed by atoms with Crippen LogP contribution in [0.3, 0.4) is 0 Å². The van der Waals surface area contributed by atoms with Gasteiger partial charge in [-0.05, 0) is 73.2 Å². The van der Waals surface area contributed by atoms with E-state index in [1.807, 2.05) is 25.1 Å². The average molecular weight is 424 g/mol. The van der Waals surface area contributed by atoms with Gasteiger partial charge in [0, 0.05) is 11.4 Å². The van der Waals surface area contributed by atoms with Gasteiger partial charge < -0.3 is 20.7 Å². The molecule has 0 saturated heterocycles. The zero-order valence-electron chi connectivity index (χ0n) is 16.6. The Labute approximate surface area is 180 Å². The number of benzene rings is 3. The summed E-state index contributed by atoms with van der Waals surface area (Å²) >= 11 is 5.35. The predicted molar refractivity (Wildman–Crippen MR) is 122 cm³/mol. The van der Waals surface area contributed by atoms with Crippen molar-refractivity contribution in [3.05, 3.63) is 89.7 Å². The van der Waals surface area contributed by atoms with Crippen LogP contribution in [0.2, 0.25) is 0 Å². The van der Waals surface area contributed by atoms with Crippen molar-refractivity contribution in [1.82, 2.24) is 5.32 Å². The number of carbonyl (C=O) groups excluding carboxylic acids is 1. The first kappa shape index (κ1) is 21.3. The second-order valence-corrected chi connectivity index (χ2v) is 7.01. The summed E-state index contributed by atoms with van der Waals surface area (Å²) < 4.78 is 18.3. The van der Waals surface area contributed by atoms with Crippen molar-refractivity contribution in [3.63, 3.8) is 0 Å². The Morgan fingerprint density at radius 3 is 2.17 bits per heavy atom. The van der Waals surface area contributed by atoms with Gasteiger partial charge in [-0.25, -0.2) is 4.39 Å². The Morgan fingerprint density at radius 2 is 1.53 bits per heavy atom. The molecule has 30 heavy (non-hydrogen) atoms. The van der Waals surface area contributed by atoms with Crippen molar-refractivity contribution < 1.29 is 13.9 Å². The van der Waals surface area contributed by atoms with Crippen LogP contribution >= 0.6 is 12.2 Å². The van der Waals surface area contributed by atoms with Crippen molar-refractivity contribution in [2.75, 3.05) is 17.7 Å². The molecule has 0 bridgehead atoms. The molecule has 1 amide bonds. The van der Waals surface area contributed by atoms with Crippen LogP contribution < -0.4 is 20.7 Å². The minimum atomic E-state index is -0.274. The maximum absolute atomic E-state index is 13.1. The fourth-order valence-corrected chi connectivity index (χ4v) is 3.16. The molecule has 1 atom stereocenters. The summed E-state index contributed by atoms with van der Waals surface area (Å²) in [7, 11) is 1.53. The monoisotopic (exact) mass is 423 g/mol. The van der Waals surface area contributed by atoms with Gasteiger partial charge in [0.15, 0.2) is 5.11 Å². The Morgan fingerprint density at radius 1 is 0.933 bits per heavy atom. The van der Waals surface area contributed by atoms with Crippen LogP contribution in [0.25, 0.3) is 0 Å². The molecular weight excluding hydrogens is 401 g/mol. The second-order valence-electron chi connectivity index (χ2n) is 6.60. The van der Waals surface area contributed by atoms with E-state index < -0.39 is 0 Å². The van der Waals surface area contributed by atoms with Crippen LogP contribution in [0, 0.1) is 5.82 Å². The second kappa shape index (κ2) is 9.84. The zero-order valence-corrected chi connectivity index (χ0v) is 17.4. The van der Waals surface area contributed by atoms with Crippen molar-refractivity contribution >= 4 is 34.6 Å². The summed E-state index contributed by atoms with van der Waals surface area (Å²) in [4.78, 5) is 12.5. The Bertz CT molecular complexity index is 1020. The molecule has 0 spiro atoms. The first-order valence-electron chi connectivity index (χ1n) is 9.33. The lowest BCUT2D eigenvalue weighted by molar-refractivity contribution is 0.102. The number of amides is 1. The molecule has 154 valence electrons. The number of rotatable bonds is 6. The summed E-state index contributed by atoms with van der Waals surface area (Å²) in [5.41, 5.74) is 2.81. The SMILES string of the molecule is COc1ccccc1C(=O)Nc1ccc(NC(=S)NC(C)c2ccc(F)cc2)cc1. The molecule has 0 aliphatic rings. The van der Waals surface area contributed by atoms with Gasteiger partial charge in [-0.15, -0.1) is 0 Å². The van der Waals surface area contributed by atoms with Gasteiger partial charge in [-0.2, -0.15) is 0 Å². The van der Waals surface area contributed by atoms with Crippen molar-refractivity contribution in [2.45, 2.75) is 13.0 Å². The highest BCUT2D eigenvalue weighted by atomic mass is 32.1. The minimum Gasteiger partial charge on any atom is -0.496 e. The standard InChI is InChI=1S/C23H22FN3O2S/c1-15(16-7-9-17(24)10-8-16)25-23(30)27-19-13-11-18(12-14-19)26-22(28)20-5-3-4-6-21(20)29-2/h3-15H,1-2H3,(H,26,28)(H2,25,27,30). The molecule has 3 aromatic rings. The first-order valence-corrected chi connectivity index (χ1v) is 9.74. The van der Waals surface area contributed by atoms with E-state index in [-0.39, 0.29) is 17.8 Å². The van der Waals surface area contributed by atoms with E-state index in [0.29, 0.717) is 22.1 Å². The van der Waals surface area contributed by atoms with E-state index in [1.165, 1.54) is 19.2 Å². The maximum Gasteiger partial charge on any atom is 0.259 e. The van der Waals surface area contributed by atoms with Crippen LogP contribution in [0.1, 0.15) is 28.9 Å². The summed E-state index contributed by atoms with van der Waals surface area (Å²) in [5.74, 6) is -0.0111. The molecule has 0 saturated carbocycles. The Balaban J connectivity index is 1.57. The van der Waals surface area contributed by atoms with Crippen molar-refractivity contribution in [1.29, 1.82) is 0 Å². The number of hydrogen-bond acceptors (Lipinski definition) is 3. The molecule has 7 heteroatoms. The van der Waals surface area contributed by atoms with Gasteiger partial charge in [0.2, 0.25) is 0 Å². The molecule has 0 fully saturated rings. The molecule has 0 aliphatic heterocycles. The smallest absolute Gasteiger partial charge is 0.259 e. The number of halogens is 1. The average Bonchev–Trinajstić information content (AvgIpc) is 2.75. The maximum atomic E-state index is 13.1. The molecule has 3 aromatic carbocycles. The van der Waals surface area contributed by atoms with Gasteiger partial charge in [0.05, 0.1) is 18.7 Å². The number of hydrogen-bond donors (Lipinski definition) is 3. The molecule has 0 aliphatic carbocycles. The minimum absolute atomic E-state index is 0.0787. The van der Waals surface area contributed by atoms with Crippen LogP contribution in [0.15, 0.2) is 72.8 Å². The number of ether oxygens (including phenoxy) is 1. The third-order valence-corrected chi connectivity index (χ3v) is 4.69. The molecule has 3 N–H and O–H groups in total. The molecule has 5 nitrogen and oxygen atoms in total. The number of para-hydroxylation sites is 1. The van der Waals surface area contributed by atoms with Gasteiger partial charge in [-0.3, -0.25) is 4.79 Å². The molecular formula is C23H22FN3O2S. The van der Waals surface area contributed by atoms with Crippen LogP contribution in [-0.4, -0.2) is 18.1 Å². The lowest BCUT2D eigenvalue weighted by atomic mass is 10.1. The highest BCUT2D eigenvalue weighted by molar-refractivity contribution is 7.80. The van der Waals surface area contributed by atoms with E-state index in [4.69, 9.17) is 17.0 Å². The quantitative estimate of drug-likeness (QED) is 0.480. The van der Waals surface area contributed by atoms with Crippen LogP contribution in [0.4, 0.5) is 15.8 Å². The van der Waals surface area contributed by atoms with Crippen LogP contribution in [-0.2, 0) is 0 Å². The largest absolute Gasteiger partial charge is 0.496 e. The van der Waals surface area contributed by atoms with Gasteiger partial charge in [0.1, 0.15) is 11.6 Å². The fraction of sp³-hybridized carbons (Fsp3) is 0.130. The third kappa shape index (κ3) is 5.55. The number of nitrogens with one attached hydrogen (secondary N) is 3. The first-order chi connectivity index (χ1) is 14.5. The summed E-state index contributed by atoms with van der Waals surface area (Å²) in [6.07, 6.45) is 0. The van der Waals surface area contributed by atoms with Crippen LogP contribution in [0.5, 0.6) is 5.75 Å². The number of thiocarbonyl (C=S) groups is 1. The predicted octanol–water partition coefficient (Wildman–Crippen LogP) is 5.13. The molecule has 0 heterocycles. The number of anilines is 2. The van der Waals surface area contributed by atoms with Gasteiger partial charge in [-0.1, -0.05) is 24.3 Å². The van der Waals surface area contributed by atoms with Gasteiger partial charge >= 0.3 is 0 Å². The summed E-state index contributed by atoms with van der Waals surface area (Å²) in [5, 5.41) is 9.55. The van der Waals surface area contributed by atoms with Gasteiger partial charge in [0.25, 0.3) is 5.91 Å². The van der Waals surface area contributed by atoms with E-state index >= 15 is 0 Å². The summed E-state index contributed by atoms with van der Waals surface area (Å²) in [6.45, 7) is 1.94. The van der Waals surface area contributed by atoms with E-state index in [2.05, 4.69) is 16.0 Å². The fourth-order valence-electron chi connectivity index (χ4n) is 2.87. The highest BCUT2D eigenvalue weighted by Gasteiger charge is 2.12. The highest BCUT2D eigenvalue weighted by Crippen LogP contribution is 2.20. The Kier molecular flexibility index (Phi) is 6.98. The third-order valence-electron chi connectivity index (χ3n) is 4.47. The van der Waals surface area contributed by atoms with Crippen molar-refractivity contribution in [2.24, 2.45) is 0 Å². The summed E-state index contributed by atoms with van der Waals surface area (Å²) in [6, 6.07) is 20.4. The molecule has 3 rings (SSSR count). The number of methoxy groups -OCH3 is 1. The topological polar surface area (TPSA) is 62.4 Å².